The van der Waals surface area contributed by atoms with E-state index in [4.69, 9.17) is 21.8 Å². The normalized spacial score (nSPS) is 13.1. The zero-order valence-corrected chi connectivity index (χ0v) is 11.5. The highest BCUT2D eigenvalue weighted by atomic mass is 35.5. The molecular formula is C14H14ClN3O. The lowest BCUT2D eigenvalue weighted by molar-refractivity contribution is 0.524. The SMILES string of the molecule is Cc1nn(C)cc1C(N)c1cc2cc(Cl)ccc2o1. The summed E-state index contributed by atoms with van der Waals surface area (Å²) in [5.74, 6) is 0.716. The molecule has 0 bridgehead atoms. The topological polar surface area (TPSA) is 57.0 Å². The van der Waals surface area contributed by atoms with Crippen molar-refractivity contribution in [3.8, 4) is 0 Å². The molecule has 0 fully saturated rings. The highest BCUT2D eigenvalue weighted by molar-refractivity contribution is 6.31. The first-order chi connectivity index (χ1) is 9.04. The van der Waals surface area contributed by atoms with Gasteiger partial charge in [-0.05, 0) is 31.2 Å². The van der Waals surface area contributed by atoms with Crippen molar-refractivity contribution < 1.29 is 4.42 Å². The maximum atomic E-state index is 6.25. The Hall–Kier alpha value is -1.78. The Morgan fingerprint density at radius 1 is 1.37 bits per heavy atom. The van der Waals surface area contributed by atoms with Crippen molar-refractivity contribution in [2.24, 2.45) is 12.8 Å². The molecule has 3 rings (SSSR count). The predicted octanol–water partition coefficient (Wildman–Crippen LogP) is 3.18. The lowest BCUT2D eigenvalue weighted by Gasteiger charge is -2.06. The second-order valence-corrected chi connectivity index (χ2v) is 5.09. The van der Waals surface area contributed by atoms with Gasteiger partial charge in [0.05, 0.1) is 11.7 Å². The molecule has 2 aromatic heterocycles. The van der Waals surface area contributed by atoms with Gasteiger partial charge in [0.15, 0.2) is 0 Å². The molecule has 98 valence electrons. The van der Waals surface area contributed by atoms with Crippen LogP contribution < -0.4 is 5.73 Å². The number of aromatic nitrogens is 2. The van der Waals surface area contributed by atoms with Crippen LogP contribution in [0.15, 0.2) is 34.9 Å². The first-order valence-electron chi connectivity index (χ1n) is 5.99. The molecule has 0 radical (unpaired) electrons. The summed E-state index contributed by atoms with van der Waals surface area (Å²) in [6.07, 6.45) is 1.92. The van der Waals surface area contributed by atoms with E-state index in [-0.39, 0.29) is 6.04 Å². The van der Waals surface area contributed by atoms with Gasteiger partial charge >= 0.3 is 0 Å². The Bertz CT molecular complexity index is 744. The molecule has 0 saturated carbocycles. The van der Waals surface area contributed by atoms with E-state index >= 15 is 0 Å². The molecule has 0 spiro atoms. The fourth-order valence-corrected chi connectivity index (χ4v) is 2.45. The van der Waals surface area contributed by atoms with Crippen LogP contribution in [-0.2, 0) is 7.05 Å². The van der Waals surface area contributed by atoms with Crippen LogP contribution in [-0.4, -0.2) is 9.78 Å². The van der Waals surface area contributed by atoms with Crippen LogP contribution in [0, 0.1) is 6.92 Å². The van der Waals surface area contributed by atoms with Crippen LogP contribution in [0.5, 0.6) is 0 Å². The number of aryl methyl sites for hydroxylation is 2. The molecule has 19 heavy (non-hydrogen) atoms. The van der Waals surface area contributed by atoms with Crippen LogP contribution in [0.3, 0.4) is 0 Å². The van der Waals surface area contributed by atoms with Crippen LogP contribution in [0.1, 0.15) is 23.1 Å². The molecule has 2 heterocycles. The van der Waals surface area contributed by atoms with Crippen molar-refractivity contribution in [1.82, 2.24) is 9.78 Å². The quantitative estimate of drug-likeness (QED) is 0.781. The standard InChI is InChI=1S/C14H14ClN3O/c1-8-11(7-18(2)17-8)14(16)13-6-9-5-10(15)3-4-12(9)19-13/h3-7,14H,16H2,1-2H3. The van der Waals surface area contributed by atoms with Gasteiger partial charge in [0, 0.05) is 29.2 Å². The number of hydrogen-bond acceptors (Lipinski definition) is 3. The minimum absolute atomic E-state index is 0.320. The summed E-state index contributed by atoms with van der Waals surface area (Å²) < 4.78 is 7.54. The second kappa shape index (κ2) is 4.40. The Morgan fingerprint density at radius 3 is 2.84 bits per heavy atom. The van der Waals surface area contributed by atoms with Crippen molar-refractivity contribution in [2.45, 2.75) is 13.0 Å². The summed E-state index contributed by atoms with van der Waals surface area (Å²) in [5, 5.41) is 5.94. The number of hydrogen-bond donors (Lipinski definition) is 1. The van der Waals surface area contributed by atoms with Gasteiger partial charge < -0.3 is 10.2 Å². The van der Waals surface area contributed by atoms with Crippen molar-refractivity contribution in [2.75, 3.05) is 0 Å². The summed E-state index contributed by atoms with van der Waals surface area (Å²) in [4.78, 5) is 0. The molecular weight excluding hydrogens is 262 g/mol. The Balaban J connectivity index is 2.06. The molecule has 2 N–H and O–H groups in total. The third-order valence-corrected chi connectivity index (χ3v) is 3.43. The van der Waals surface area contributed by atoms with Gasteiger partial charge in [-0.15, -0.1) is 0 Å². The number of nitrogens with zero attached hydrogens (tertiary/aromatic N) is 2. The lowest BCUT2D eigenvalue weighted by Crippen LogP contribution is -2.11. The fraction of sp³-hybridized carbons (Fsp3) is 0.214. The number of halogens is 1. The van der Waals surface area contributed by atoms with E-state index in [9.17, 15) is 0 Å². The van der Waals surface area contributed by atoms with E-state index in [2.05, 4.69) is 5.10 Å². The fourth-order valence-electron chi connectivity index (χ4n) is 2.26. The number of benzene rings is 1. The maximum Gasteiger partial charge on any atom is 0.134 e. The van der Waals surface area contributed by atoms with Gasteiger partial charge in [-0.2, -0.15) is 5.10 Å². The van der Waals surface area contributed by atoms with Gasteiger partial charge in [-0.3, -0.25) is 4.68 Å². The molecule has 1 unspecified atom stereocenters. The average molecular weight is 276 g/mol. The number of furan rings is 1. The van der Waals surface area contributed by atoms with Crippen LogP contribution in [0.4, 0.5) is 0 Å². The van der Waals surface area contributed by atoms with Gasteiger partial charge in [0.2, 0.25) is 0 Å². The van der Waals surface area contributed by atoms with E-state index < -0.39 is 0 Å². The first-order valence-corrected chi connectivity index (χ1v) is 6.37. The van der Waals surface area contributed by atoms with Crippen LogP contribution in [0.25, 0.3) is 11.0 Å². The molecule has 0 aliphatic carbocycles. The lowest BCUT2D eigenvalue weighted by atomic mass is 10.1. The molecule has 1 aromatic carbocycles. The van der Waals surface area contributed by atoms with Gasteiger partial charge in [0.25, 0.3) is 0 Å². The molecule has 0 aliphatic heterocycles. The highest BCUT2D eigenvalue weighted by Gasteiger charge is 2.18. The zero-order chi connectivity index (χ0) is 13.6. The number of nitrogens with two attached hydrogens (primary N) is 1. The minimum Gasteiger partial charge on any atom is -0.459 e. The van der Waals surface area contributed by atoms with Gasteiger partial charge in [0.1, 0.15) is 11.3 Å². The smallest absolute Gasteiger partial charge is 0.134 e. The maximum absolute atomic E-state index is 6.25. The second-order valence-electron chi connectivity index (χ2n) is 4.65. The summed E-state index contributed by atoms with van der Waals surface area (Å²) in [7, 11) is 1.88. The van der Waals surface area contributed by atoms with E-state index in [1.54, 1.807) is 10.7 Å². The third-order valence-electron chi connectivity index (χ3n) is 3.19. The zero-order valence-electron chi connectivity index (χ0n) is 10.7. The Morgan fingerprint density at radius 2 is 2.16 bits per heavy atom. The van der Waals surface area contributed by atoms with Crippen molar-refractivity contribution in [3.05, 3.63) is 52.5 Å². The monoisotopic (exact) mass is 275 g/mol. The molecule has 5 heteroatoms. The predicted molar refractivity (Wildman–Crippen MR) is 75.2 cm³/mol. The molecule has 0 aliphatic rings. The molecule has 3 aromatic rings. The Kier molecular flexibility index (Phi) is 2.84. The minimum atomic E-state index is -0.320. The summed E-state index contributed by atoms with van der Waals surface area (Å²) >= 11 is 5.97. The van der Waals surface area contributed by atoms with Crippen molar-refractivity contribution in [3.63, 3.8) is 0 Å². The van der Waals surface area contributed by atoms with Crippen LogP contribution >= 0.6 is 11.6 Å². The third kappa shape index (κ3) is 2.13. The number of rotatable bonds is 2. The van der Waals surface area contributed by atoms with E-state index in [0.717, 1.165) is 22.2 Å². The average Bonchev–Trinajstić information content (AvgIpc) is 2.91. The van der Waals surface area contributed by atoms with Crippen LogP contribution in [0.2, 0.25) is 5.02 Å². The molecule has 4 nitrogen and oxygen atoms in total. The number of fused-ring (bicyclic) bond motifs is 1. The molecule has 1 atom stereocenters. The molecule has 0 amide bonds. The first kappa shape index (κ1) is 12.3. The van der Waals surface area contributed by atoms with Crippen molar-refractivity contribution in [1.29, 1.82) is 0 Å². The molecule has 0 saturated heterocycles. The van der Waals surface area contributed by atoms with E-state index in [1.165, 1.54) is 0 Å². The van der Waals surface area contributed by atoms with Gasteiger partial charge in [-0.25, -0.2) is 0 Å². The van der Waals surface area contributed by atoms with E-state index in [1.807, 2.05) is 38.4 Å². The summed E-state index contributed by atoms with van der Waals surface area (Å²) in [6, 6.07) is 7.13. The largest absolute Gasteiger partial charge is 0.459 e. The highest BCUT2D eigenvalue weighted by Crippen LogP contribution is 2.29. The van der Waals surface area contributed by atoms with Crippen molar-refractivity contribution >= 4 is 22.6 Å². The van der Waals surface area contributed by atoms with E-state index in [0.29, 0.717) is 10.8 Å². The Labute approximate surface area is 115 Å². The summed E-state index contributed by atoms with van der Waals surface area (Å²) in [5.41, 5.74) is 8.92. The summed E-state index contributed by atoms with van der Waals surface area (Å²) in [6.45, 7) is 1.94. The van der Waals surface area contributed by atoms with Gasteiger partial charge in [-0.1, -0.05) is 11.6 Å².